The van der Waals surface area contributed by atoms with Gasteiger partial charge in [-0.25, -0.2) is 0 Å². The van der Waals surface area contributed by atoms with E-state index in [4.69, 9.17) is 5.73 Å². The summed E-state index contributed by atoms with van der Waals surface area (Å²) < 4.78 is 5.44. The molecule has 0 unspecified atom stereocenters. The van der Waals surface area contributed by atoms with E-state index in [1.807, 2.05) is 24.9 Å². The van der Waals surface area contributed by atoms with Crippen LogP contribution in [-0.2, 0) is 13.6 Å². The Labute approximate surface area is 110 Å². The minimum Gasteiger partial charge on any atom is -0.381 e. The summed E-state index contributed by atoms with van der Waals surface area (Å²) in [4.78, 5) is 0. The normalized spacial score (nSPS) is 11.0. The highest BCUT2D eigenvalue weighted by molar-refractivity contribution is 9.11. The fraction of sp³-hybridized carbons (Fsp3) is 0.333. The van der Waals surface area contributed by atoms with Crippen molar-refractivity contribution in [1.29, 1.82) is 0 Å². The van der Waals surface area contributed by atoms with Gasteiger partial charge in [-0.2, -0.15) is 10.2 Å². The minimum absolute atomic E-state index is 0.495. The molecule has 0 spiro atoms. The molecule has 16 heavy (non-hydrogen) atoms. The summed E-state index contributed by atoms with van der Waals surface area (Å²) >= 11 is 6.85. The Kier molecular flexibility index (Phi) is 3.07. The minimum atomic E-state index is 0.495. The number of hydrogen-bond donors (Lipinski definition) is 1. The van der Waals surface area contributed by atoms with Gasteiger partial charge in [-0.1, -0.05) is 0 Å². The first kappa shape index (κ1) is 11.7. The third kappa shape index (κ3) is 2.01. The van der Waals surface area contributed by atoms with Gasteiger partial charge in [0.15, 0.2) is 5.82 Å². The number of aryl methyl sites for hydroxylation is 2. The van der Waals surface area contributed by atoms with Crippen molar-refractivity contribution in [2.75, 3.05) is 5.73 Å². The van der Waals surface area contributed by atoms with Crippen LogP contribution in [0, 0.1) is 6.92 Å². The van der Waals surface area contributed by atoms with Crippen LogP contribution in [0.15, 0.2) is 15.1 Å². The maximum atomic E-state index is 5.66. The van der Waals surface area contributed by atoms with Crippen LogP contribution in [0.3, 0.4) is 0 Å². The van der Waals surface area contributed by atoms with E-state index in [-0.39, 0.29) is 0 Å². The van der Waals surface area contributed by atoms with E-state index < -0.39 is 0 Å². The zero-order valence-electron chi connectivity index (χ0n) is 8.91. The molecule has 0 radical (unpaired) electrons. The number of nitrogen functional groups attached to an aromatic ring is 1. The predicted octanol–water partition coefficient (Wildman–Crippen LogP) is 2.08. The topological polar surface area (TPSA) is 61.7 Å². The van der Waals surface area contributed by atoms with Crippen molar-refractivity contribution in [3.63, 3.8) is 0 Å². The molecule has 0 bridgehead atoms. The van der Waals surface area contributed by atoms with Gasteiger partial charge < -0.3 is 5.73 Å². The van der Waals surface area contributed by atoms with Crippen LogP contribution in [0.25, 0.3) is 0 Å². The summed E-state index contributed by atoms with van der Waals surface area (Å²) in [5, 5.41) is 8.50. The van der Waals surface area contributed by atoms with E-state index in [0.29, 0.717) is 12.4 Å². The van der Waals surface area contributed by atoms with Crippen LogP contribution in [0.1, 0.15) is 11.4 Å². The molecule has 0 atom stereocenters. The number of nitrogens with zero attached hydrogens (tertiary/aromatic N) is 4. The summed E-state index contributed by atoms with van der Waals surface area (Å²) in [7, 11) is 1.91. The lowest BCUT2D eigenvalue weighted by Crippen LogP contribution is -2.06. The van der Waals surface area contributed by atoms with Crippen LogP contribution in [-0.4, -0.2) is 19.6 Å². The maximum Gasteiger partial charge on any atom is 0.159 e. The molecule has 0 fully saturated rings. The molecule has 2 rings (SSSR count). The summed E-state index contributed by atoms with van der Waals surface area (Å²) in [5.41, 5.74) is 7.69. The average molecular weight is 349 g/mol. The summed E-state index contributed by atoms with van der Waals surface area (Å²) in [6.07, 6.45) is 1.85. The van der Waals surface area contributed by atoms with Gasteiger partial charge in [-0.05, 0) is 38.8 Å². The molecular weight excluding hydrogens is 338 g/mol. The first-order chi connectivity index (χ1) is 7.49. The van der Waals surface area contributed by atoms with Gasteiger partial charge in [0.1, 0.15) is 0 Å². The lowest BCUT2D eigenvalue weighted by molar-refractivity contribution is 0.619. The van der Waals surface area contributed by atoms with Crippen molar-refractivity contribution in [2.24, 2.45) is 7.05 Å². The smallest absolute Gasteiger partial charge is 0.159 e. The quantitative estimate of drug-likeness (QED) is 0.903. The molecule has 2 aromatic heterocycles. The maximum absolute atomic E-state index is 5.66. The van der Waals surface area contributed by atoms with Crippen LogP contribution >= 0.6 is 31.9 Å². The van der Waals surface area contributed by atoms with Crippen molar-refractivity contribution in [3.05, 3.63) is 26.5 Å². The number of anilines is 1. The third-order valence-electron chi connectivity index (χ3n) is 2.32. The van der Waals surface area contributed by atoms with Crippen LogP contribution in [0.4, 0.5) is 5.82 Å². The standard InChI is InChI=1S/C9H11Br2N5/c1-5-8(11)7(15(2)13-5)4-16-3-6(10)9(12)14-16/h3H,4H2,1-2H3,(H2,12,14). The van der Waals surface area contributed by atoms with Crippen molar-refractivity contribution < 1.29 is 0 Å². The molecular formula is C9H11Br2N5. The molecule has 0 saturated carbocycles. The first-order valence-corrected chi connectivity index (χ1v) is 6.24. The molecule has 7 heteroatoms. The molecule has 0 aliphatic rings. The van der Waals surface area contributed by atoms with Crippen LogP contribution in [0.5, 0.6) is 0 Å². The predicted molar refractivity (Wildman–Crippen MR) is 69.1 cm³/mol. The van der Waals surface area contributed by atoms with Gasteiger partial charge in [-0.3, -0.25) is 9.36 Å². The van der Waals surface area contributed by atoms with Crippen molar-refractivity contribution in [2.45, 2.75) is 13.5 Å². The molecule has 0 amide bonds. The van der Waals surface area contributed by atoms with E-state index in [9.17, 15) is 0 Å². The second-order valence-corrected chi connectivity index (χ2v) is 5.18. The highest BCUT2D eigenvalue weighted by Crippen LogP contribution is 2.22. The Morgan fingerprint density at radius 2 is 2.06 bits per heavy atom. The second-order valence-electron chi connectivity index (χ2n) is 3.53. The largest absolute Gasteiger partial charge is 0.381 e. The lowest BCUT2D eigenvalue weighted by Gasteiger charge is -2.02. The van der Waals surface area contributed by atoms with E-state index in [2.05, 4.69) is 42.1 Å². The van der Waals surface area contributed by atoms with Gasteiger partial charge in [0.2, 0.25) is 0 Å². The van der Waals surface area contributed by atoms with E-state index in [1.165, 1.54) is 0 Å². The molecule has 2 aromatic rings. The summed E-state index contributed by atoms with van der Waals surface area (Å²) in [6.45, 7) is 2.59. The molecule has 0 aliphatic carbocycles. The lowest BCUT2D eigenvalue weighted by atomic mass is 10.3. The van der Waals surface area contributed by atoms with E-state index in [1.54, 1.807) is 4.68 Å². The molecule has 2 heterocycles. The third-order valence-corrected chi connectivity index (χ3v) is 3.96. The Morgan fingerprint density at radius 1 is 1.38 bits per heavy atom. The first-order valence-electron chi connectivity index (χ1n) is 4.65. The SMILES string of the molecule is Cc1nn(C)c(Cn2cc(Br)c(N)n2)c1Br. The Balaban J connectivity index is 2.33. The monoisotopic (exact) mass is 347 g/mol. The van der Waals surface area contributed by atoms with Gasteiger partial charge >= 0.3 is 0 Å². The molecule has 2 N–H and O–H groups in total. The van der Waals surface area contributed by atoms with Crippen molar-refractivity contribution in [1.82, 2.24) is 19.6 Å². The number of nitrogens with two attached hydrogens (primary N) is 1. The summed E-state index contributed by atoms with van der Waals surface area (Å²) in [5.74, 6) is 0.495. The highest BCUT2D eigenvalue weighted by Gasteiger charge is 2.12. The Hall–Kier alpha value is -0.820. The zero-order chi connectivity index (χ0) is 11.9. The van der Waals surface area contributed by atoms with Gasteiger partial charge in [0.25, 0.3) is 0 Å². The number of rotatable bonds is 2. The Morgan fingerprint density at radius 3 is 2.50 bits per heavy atom. The van der Waals surface area contributed by atoms with Gasteiger partial charge in [0, 0.05) is 13.2 Å². The van der Waals surface area contributed by atoms with Crippen LogP contribution < -0.4 is 5.73 Å². The highest BCUT2D eigenvalue weighted by atomic mass is 79.9. The van der Waals surface area contributed by atoms with Crippen molar-refractivity contribution >= 4 is 37.7 Å². The van der Waals surface area contributed by atoms with Gasteiger partial charge in [-0.15, -0.1) is 0 Å². The van der Waals surface area contributed by atoms with Gasteiger partial charge in [0.05, 0.1) is 26.9 Å². The number of halogens is 2. The zero-order valence-corrected chi connectivity index (χ0v) is 12.1. The fourth-order valence-corrected chi connectivity index (χ4v) is 2.28. The molecule has 0 aromatic carbocycles. The Bertz CT molecular complexity index is 509. The number of hydrogen-bond acceptors (Lipinski definition) is 3. The van der Waals surface area contributed by atoms with Crippen molar-refractivity contribution in [3.8, 4) is 0 Å². The summed E-state index contributed by atoms with van der Waals surface area (Å²) in [6, 6.07) is 0. The molecule has 0 saturated heterocycles. The number of aromatic nitrogens is 4. The van der Waals surface area contributed by atoms with Crippen LogP contribution in [0.2, 0.25) is 0 Å². The van der Waals surface area contributed by atoms with E-state index >= 15 is 0 Å². The van der Waals surface area contributed by atoms with E-state index in [0.717, 1.165) is 20.3 Å². The molecule has 86 valence electrons. The second kappa shape index (κ2) is 4.21. The molecule has 0 aliphatic heterocycles. The molecule has 5 nitrogen and oxygen atoms in total. The average Bonchev–Trinajstić information content (AvgIpc) is 2.63. The fourth-order valence-electron chi connectivity index (χ4n) is 1.50.